The van der Waals surface area contributed by atoms with Gasteiger partial charge in [0.2, 0.25) is 0 Å². The van der Waals surface area contributed by atoms with Crippen LogP contribution in [0.15, 0.2) is 47.1 Å². The molecule has 0 saturated carbocycles. The monoisotopic (exact) mass is 271 g/mol. The molecule has 0 amide bonds. The number of nitrogens with two attached hydrogens (primary N) is 1. The van der Waals surface area contributed by atoms with Crippen LogP contribution in [0.4, 0.5) is 10.2 Å². The fourth-order valence-electron chi connectivity index (χ4n) is 2.15. The SMILES string of the molecule is Cc1occc1-c1cc(N)n(Cc2cccc(F)c2)n1. The average Bonchev–Trinajstić information content (AvgIpc) is 2.97. The molecule has 3 aromatic rings. The molecule has 102 valence electrons. The second-order valence-electron chi connectivity index (χ2n) is 4.63. The van der Waals surface area contributed by atoms with Crippen molar-refractivity contribution in [3.8, 4) is 11.3 Å². The van der Waals surface area contributed by atoms with Gasteiger partial charge < -0.3 is 10.2 Å². The van der Waals surface area contributed by atoms with Gasteiger partial charge in [0.05, 0.1) is 18.5 Å². The lowest BCUT2D eigenvalue weighted by molar-refractivity contribution is 0.535. The summed E-state index contributed by atoms with van der Waals surface area (Å²) in [6.07, 6.45) is 1.62. The van der Waals surface area contributed by atoms with Crippen LogP contribution in [0.3, 0.4) is 0 Å². The van der Waals surface area contributed by atoms with E-state index >= 15 is 0 Å². The molecular weight excluding hydrogens is 257 g/mol. The molecule has 4 nitrogen and oxygen atoms in total. The lowest BCUT2D eigenvalue weighted by atomic mass is 10.2. The Bertz CT molecular complexity index is 745. The zero-order valence-electron chi connectivity index (χ0n) is 11.0. The highest BCUT2D eigenvalue weighted by molar-refractivity contribution is 5.63. The number of hydrogen-bond donors (Lipinski definition) is 1. The van der Waals surface area contributed by atoms with Crippen molar-refractivity contribution in [2.45, 2.75) is 13.5 Å². The lowest BCUT2D eigenvalue weighted by Crippen LogP contribution is -2.05. The van der Waals surface area contributed by atoms with Gasteiger partial charge in [0.1, 0.15) is 17.4 Å². The number of halogens is 1. The summed E-state index contributed by atoms with van der Waals surface area (Å²) in [5.74, 6) is 1.06. The van der Waals surface area contributed by atoms with Crippen LogP contribution in [-0.4, -0.2) is 9.78 Å². The maximum absolute atomic E-state index is 13.2. The Morgan fingerprint density at radius 1 is 1.30 bits per heavy atom. The highest BCUT2D eigenvalue weighted by atomic mass is 19.1. The molecule has 0 unspecified atom stereocenters. The summed E-state index contributed by atoms with van der Waals surface area (Å²) in [4.78, 5) is 0. The van der Waals surface area contributed by atoms with Gasteiger partial charge in [0, 0.05) is 11.6 Å². The van der Waals surface area contributed by atoms with E-state index in [-0.39, 0.29) is 5.82 Å². The number of anilines is 1. The van der Waals surface area contributed by atoms with Crippen LogP contribution in [0.5, 0.6) is 0 Å². The van der Waals surface area contributed by atoms with Gasteiger partial charge in [-0.3, -0.25) is 0 Å². The fourth-order valence-corrected chi connectivity index (χ4v) is 2.15. The Morgan fingerprint density at radius 2 is 2.15 bits per heavy atom. The number of hydrogen-bond acceptors (Lipinski definition) is 3. The predicted molar refractivity (Wildman–Crippen MR) is 74.6 cm³/mol. The number of nitrogens with zero attached hydrogens (tertiary/aromatic N) is 2. The van der Waals surface area contributed by atoms with Crippen LogP contribution in [0.25, 0.3) is 11.3 Å². The predicted octanol–water partition coefficient (Wildman–Crippen LogP) is 3.22. The van der Waals surface area contributed by atoms with Crippen molar-refractivity contribution in [3.05, 3.63) is 59.8 Å². The van der Waals surface area contributed by atoms with Crippen LogP contribution >= 0.6 is 0 Å². The summed E-state index contributed by atoms with van der Waals surface area (Å²) in [5, 5.41) is 4.45. The van der Waals surface area contributed by atoms with E-state index in [9.17, 15) is 4.39 Å². The van der Waals surface area contributed by atoms with E-state index in [0.29, 0.717) is 12.4 Å². The second-order valence-corrected chi connectivity index (χ2v) is 4.63. The Hall–Kier alpha value is -2.56. The van der Waals surface area contributed by atoms with E-state index in [2.05, 4.69) is 5.10 Å². The molecule has 5 heteroatoms. The summed E-state index contributed by atoms with van der Waals surface area (Å²) >= 11 is 0. The van der Waals surface area contributed by atoms with Crippen molar-refractivity contribution < 1.29 is 8.81 Å². The minimum atomic E-state index is -0.265. The van der Waals surface area contributed by atoms with E-state index in [1.165, 1.54) is 12.1 Å². The quantitative estimate of drug-likeness (QED) is 0.795. The van der Waals surface area contributed by atoms with Crippen LogP contribution in [0, 0.1) is 12.7 Å². The number of benzene rings is 1. The van der Waals surface area contributed by atoms with Gasteiger partial charge in [-0.2, -0.15) is 5.10 Å². The van der Waals surface area contributed by atoms with Crippen LogP contribution in [0.1, 0.15) is 11.3 Å². The molecule has 1 aromatic carbocycles. The van der Waals surface area contributed by atoms with Crippen LogP contribution in [-0.2, 0) is 6.54 Å². The second kappa shape index (κ2) is 4.85. The molecule has 20 heavy (non-hydrogen) atoms. The van der Waals surface area contributed by atoms with Crippen LogP contribution in [0.2, 0.25) is 0 Å². The number of nitrogen functional groups attached to an aromatic ring is 1. The molecule has 0 aliphatic rings. The molecule has 0 aliphatic carbocycles. The molecule has 0 saturated heterocycles. The molecule has 0 fully saturated rings. The van der Waals surface area contributed by atoms with E-state index in [1.54, 1.807) is 23.1 Å². The summed E-state index contributed by atoms with van der Waals surface area (Å²) in [7, 11) is 0. The third-order valence-corrected chi connectivity index (χ3v) is 3.17. The summed E-state index contributed by atoms with van der Waals surface area (Å²) in [6, 6.07) is 10.0. The van der Waals surface area contributed by atoms with Crippen molar-refractivity contribution in [2.75, 3.05) is 5.73 Å². The van der Waals surface area contributed by atoms with E-state index in [0.717, 1.165) is 22.6 Å². The topological polar surface area (TPSA) is 57.0 Å². The smallest absolute Gasteiger partial charge is 0.123 e. The Kier molecular flexibility index (Phi) is 3.02. The van der Waals surface area contributed by atoms with Crippen molar-refractivity contribution in [2.24, 2.45) is 0 Å². The first-order chi connectivity index (χ1) is 9.63. The van der Waals surface area contributed by atoms with E-state index < -0.39 is 0 Å². The van der Waals surface area contributed by atoms with Gasteiger partial charge in [-0.1, -0.05) is 12.1 Å². The molecule has 0 aliphatic heterocycles. The number of furan rings is 1. The molecule has 0 atom stereocenters. The largest absolute Gasteiger partial charge is 0.469 e. The van der Waals surface area contributed by atoms with Gasteiger partial charge in [-0.15, -0.1) is 0 Å². The summed E-state index contributed by atoms with van der Waals surface area (Å²) in [5.41, 5.74) is 8.44. The molecule has 0 bridgehead atoms. The molecule has 0 radical (unpaired) electrons. The highest BCUT2D eigenvalue weighted by Gasteiger charge is 2.11. The Balaban J connectivity index is 1.92. The Labute approximate surface area is 115 Å². The van der Waals surface area contributed by atoms with Crippen molar-refractivity contribution >= 4 is 5.82 Å². The van der Waals surface area contributed by atoms with Crippen molar-refractivity contribution in [3.63, 3.8) is 0 Å². The van der Waals surface area contributed by atoms with Gasteiger partial charge in [0.15, 0.2) is 0 Å². The van der Waals surface area contributed by atoms with Crippen LogP contribution < -0.4 is 5.73 Å². The normalized spacial score (nSPS) is 10.9. The summed E-state index contributed by atoms with van der Waals surface area (Å²) < 4.78 is 20.1. The molecule has 2 aromatic heterocycles. The Morgan fingerprint density at radius 3 is 2.85 bits per heavy atom. The van der Waals surface area contributed by atoms with Gasteiger partial charge in [0.25, 0.3) is 0 Å². The van der Waals surface area contributed by atoms with Gasteiger partial charge in [-0.05, 0) is 30.7 Å². The van der Waals surface area contributed by atoms with Gasteiger partial charge >= 0.3 is 0 Å². The number of aryl methyl sites for hydroxylation is 1. The first-order valence-corrected chi connectivity index (χ1v) is 6.26. The third-order valence-electron chi connectivity index (χ3n) is 3.17. The lowest BCUT2D eigenvalue weighted by Gasteiger charge is -2.04. The third kappa shape index (κ3) is 2.30. The standard InChI is InChI=1S/C15H14FN3O/c1-10-13(5-6-20-10)14-8-15(17)19(18-14)9-11-3-2-4-12(16)7-11/h2-8H,9,17H2,1H3. The maximum atomic E-state index is 13.2. The first-order valence-electron chi connectivity index (χ1n) is 6.26. The highest BCUT2D eigenvalue weighted by Crippen LogP contribution is 2.25. The van der Waals surface area contributed by atoms with Crippen molar-refractivity contribution in [1.82, 2.24) is 9.78 Å². The zero-order chi connectivity index (χ0) is 14.1. The molecule has 0 spiro atoms. The van der Waals surface area contributed by atoms with Crippen molar-refractivity contribution in [1.29, 1.82) is 0 Å². The molecular formula is C15H14FN3O. The zero-order valence-corrected chi connectivity index (χ0v) is 11.0. The minimum Gasteiger partial charge on any atom is -0.469 e. The maximum Gasteiger partial charge on any atom is 0.123 e. The first kappa shape index (κ1) is 12.5. The number of aromatic nitrogens is 2. The summed E-state index contributed by atoms with van der Waals surface area (Å²) in [6.45, 7) is 2.30. The molecule has 2 heterocycles. The fraction of sp³-hybridized carbons (Fsp3) is 0.133. The van der Waals surface area contributed by atoms with E-state index in [1.807, 2.05) is 19.1 Å². The van der Waals surface area contributed by atoms with E-state index in [4.69, 9.17) is 10.2 Å². The molecule has 3 rings (SSSR count). The van der Waals surface area contributed by atoms with Gasteiger partial charge in [-0.25, -0.2) is 9.07 Å². The number of rotatable bonds is 3. The molecule has 2 N–H and O–H groups in total. The minimum absolute atomic E-state index is 0.265. The average molecular weight is 271 g/mol.